The summed E-state index contributed by atoms with van der Waals surface area (Å²) in [5.74, 6) is 1.69. The first kappa shape index (κ1) is 20.2. The van der Waals surface area contributed by atoms with E-state index in [9.17, 15) is 4.39 Å². The van der Waals surface area contributed by atoms with E-state index in [1.54, 1.807) is 12.1 Å². The van der Waals surface area contributed by atoms with Gasteiger partial charge in [0.1, 0.15) is 5.82 Å². The van der Waals surface area contributed by atoms with Crippen molar-refractivity contribution in [2.24, 2.45) is 0 Å². The lowest BCUT2D eigenvalue weighted by molar-refractivity contribution is 0.0250. The maximum atomic E-state index is 13.1. The lowest BCUT2D eigenvalue weighted by Gasteiger charge is -2.36. The highest BCUT2D eigenvalue weighted by atomic mass is 19.1. The van der Waals surface area contributed by atoms with E-state index in [1.807, 2.05) is 24.3 Å². The third kappa shape index (κ3) is 4.62. The fourth-order valence-electron chi connectivity index (χ4n) is 4.21. The van der Waals surface area contributed by atoms with Gasteiger partial charge in [0.25, 0.3) is 0 Å². The van der Waals surface area contributed by atoms with Crippen LogP contribution < -0.4 is 9.80 Å². The zero-order valence-corrected chi connectivity index (χ0v) is 17.5. The van der Waals surface area contributed by atoms with Crippen molar-refractivity contribution < 1.29 is 13.9 Å². The third-order valence-corrected chi connectivity index (χ3v) is 5.99. The second-order valence-electron chi connectivity index (χ2n) is 8.08. The van der Waals surface area contributed by atoms with Crippen molar-refractivity contribution in [1.82, 2.24) is 9.97 Å². The Hall–Kier alpha value is -2.77. The molecule has 6 nitrogen and oxygen atoms in total. The quantitative estimate of drug-likeness (QED) is 0.624. The number of rotatable bonds is 5. The van der Waals surface area contributed by atoms with Crippen LogP contribution in [0.1, 0.15) is 18.4 Å². The minimum Gasteiger partial charge on any atom is -0.378 e. The highest BCUT2D eigenvalue weighted by Crippen LogP contribution is 2.31. The SMILES string of the molecule is Fc1ccc(COC2CCN(c3nc4ccccc4nc3N3CCOCC3)CC2)cc1. The molecule has 0 radical (unpaired) electrons. The number of hydrogen-bond donors (Lipinski definition) is 0. The lowest BCUT2D eigenvalue weighted by Crippen LogP contribution is -2.41. The first-order valence-electron chi connectivity index (χ1n) is 11.0. The predicted octanol–water partition coefficient (Wildman–Crippen LogP) is 3.79. The molecule has 0 amide bonds. The molecule has 2 saturated heterocycles. The number of nitrogens with zero attached hydrogens (tertiary/aromatic N) is 4. The zero-order chi connectivity index (χ0) is 21.0. The number of benzene rings is 2. The highest BCUT2D eigenvalue weighted by molar-refractivity contribution is 5.81. The van der Waals surface area contributed by atoms with E-state index in [4.69, 9.17) is 19.4 Å². The van der Waals surface area contributed by atoms with E-state index in [0.29, 0.717) is 19.8 Å². The Morgan fingerprint density at radius 2 is 1.42 bits per heavy atom. The Labute approximate surface area is 181 Å². The number of morpholine rings is 1. The molecule has 2 aromatic carbocycles. The van der Waals surface area contributed by atoms with Crippen LogP contribution in [0.15, 0.2) is 48.5 Å². The normalized spacial score (nSPS) is 18.0. The zero-order valence-electron chi connectivity index (χ0n) is 17.5. The average Bonchev–Trinajstić information content (AvgIpc) is 2.84. The number of halogens is 1. The maximum Gasteiger partial charge on any atom is 0.172 e. The minimum absolute atomic E-state index is 0.196. The number of hydrogen-bond acceptors (Lipinski definition) is 6. The van der Waals surface area contributed by atoms with Crippen LogP contribution in [0.2, 0.25) is 0 Å². The van der Waals surface area contributed by atoms with Gasteiger partial charge in [0.05, 0.1) is 37.0 Å². The summed E-state index contributed by atoms with van der Waals surface area (Å²) in [5.41, 5.74) is 2.84. The Bertz CT molecular complexity index is 1020. The van der Waals surface area contributed by atoms with Crippen LogP contribution in [-0.2, 0) is 16.1 Å². The molecule has 0 aliphatic carbocycles. The molecule has 0 N–H and O–H groups in total. The van der Waals surface area contributed by atoms with Gasteiger partial charge in [-0.1, -0.05) is 24.3 Å². The largest absolute Gasteiger partial charge is 0.378 e. The standard InChI is InChI=1S/C24H27FN4O2/c25-19-7-5-18(6-8-19)17-31-20-9-11-28(12-10-20)23-24(29-13-15-30-16-14-29)27-22-4-2-1-3-21(22)26-23/h1-8,20H,9-17H2. The van der Waals surface area contributed by atoms with Crippen molar-refractivity contribution in [3.63, 3.8) is 0 Å². The van der Waals surface area contributed by atoms with Crippen LogP contribution in [-0.4, -0.2) is 55.5 Å². The highest BCUT2D eigenvalue weighted by Gasteiger charge is 2.26. The summed E-state index contributed by atoms with van der Waals surface area (Å²) in [7, 11) is 0. The molecule has 0 bridgehead atoms. The molecule has 5 rings (SSSR count). The van der Waals surface area contributed by atoms with Crippen LogP contribution in [0.4, 0.5) is 16.0 Å². The van der Waals surface area contributed by atoms with Crippen LogP contribution in [0.25, 0.3) is 11.0 Å². The molecule has 7 heteroatoms. The summed E-state index contributed by atoms with van der Waals surface area (Å²) in [6.07, 6.45) is 2.05. The molecule has 3 heterocycles. The van der Waals surface area contributed by atoms with E-state index < -0.39 is 0 Å². The smallest absolute Gasteiger partial charge is 0.172 e. The average molecular weight is 423 g/mol. The minimum atomic E-state index is -0.218. The summed E-state index contributed by atoms with van der Waals surface area (Å²) in [6, 6.07) is 14.6. The van der Waals surface area contributed by atoms with E-state index in [2.05, 4.69) is 9.80 Å². The number of ether oxygens (including phenoxy) is 2. The van der Waals surface area contributed by atoms with Gasteiger partial charge in [-0.15, -0.1) is 0 Å². The third-order valence-electron chi connectivity index (χ3n) is 5.99. The van der Waals surface area contributed by atoms with E-state index in [1.165, 1.54) is 12.1 Å². The molecule has 0 atom stereocenters. The summed E-state index contributed by atoms with van der Waals surface area (Å²) in [6.45, 7) is 5.35. The maximum absolute atomic E-state index is 13.1. The summed E-state index contributed by atoms with van der Waals surface area (Å²) < 4.78 is 24.7. The molecule has 31 heavy (non-hydrogen) atoms. The molecule has 3 aromatic rings. The van der Waals surface area contributed by atoms with E-state index in [0.717, 1.165) is 67.3 Å². The van der Waals surface area contributed by atoms with Gasteiger partial charge in [-0.05, 0) is 42.7 Å². The van der Waals surface area contributed by atoms with E-state index >= 15 is 0 Å². The number of fused-ring (bicyclic) bond motifs is 1. The molecule has 0 spiro atoms. The first-order chi connectivity index (χ1) is 15.3. The van der Waals surface area contributed by atoms with Crippen LogP contribution >= 0.6 is 0 Å². The first-order valence-corrected chi connectivity index (χ1v) is 11.0. The van der Waals surface area contributed by atoms with Gasteiger partial charge >= 0.3 is 0 Å². The van der Waals surface area contributed by atoms with Crippen molar-refractivity contribution in [2.75, 3.05) is 49.2 Å². The van der Waals surface area contributed by atoms with Crippen molar-refractivity contribution in [3.05, 3.63) is 59.9 Å². The van der Waals surface area contributed by atoms with Crippen molar-refractivity contribution in [1.29, 1.82) is 0 Å². The van der Waals surface area contributed by atoms with Gasteiger partial charge in [0.2, 0.25) is 0 Å². The molecule has 0 saturated carbocycles. The van der Waals surface area contributed by atoms with Crippen LogP contribution in [0.3, 0.4) is 0 Å². The second-order valence-corrected chi connectivity index (χ2v) is 8.08. The molecular weight excluding hydrogens is 395 g/mol. The summed E-state index contributed by atoms with van der Waals surface area (Å²) in [4.78, 5) is 14.6. The van der Waals surface area contributed by atoms with Crippen molar-refractivity contribution in [3.8, 4) is 0 Å². The second kappa shape index (κ2) is 9.16. The van der Waals surface area contributed by atoms with Gasteiger partial charge < -0.3 is 19.3 Å². The number of aromatic nitrogens is 2. The number of piperidine rings is 1. The Balaban J connectivity index is 1.29. The number of anilines is 2. The molecular formula is C24H27FN4O2. The van der Waals surface area contributed by atoms with Gasteiger partial charge in [0.15, 0.2) is 11.6 Å². The van der Waals surface area contributed by atoms with Crippen LogP contribution in [0, 0.1) is 5.82 Å². The predicted molar refractivity (Wildman–Crippen MR) is 119 cm³/mol. The Morgan fingerprint density at radius 1 is 0.839 bits per heavy atom. The fourth-order valence-corrected chi connectivity index (χ4v) is 4.21. The Kier molecular flexibility index (Phi) is 5.95. The van der Waals surface area contributed by atoms with Crippen LogP contribution in [0.5, 0.6) is 0 Å². The monoisotopic (exact) mass is 422 g/mol. The van der Waals surface area contributed by atoms with Gasteiger partial charge in [-0.25, -0.2) is 14.4 Å². The molecule has 0 unspecified atom stereocenters. The van der Waals surface area contributed by atoms with Gasteiger partial charge in [0, 0.05) is 26.2 Å². The molecule has 162 valence electrons. The van der Waals surface area contributed by atoms with Crippen molar-refractivity contribution in [2.45, 2.75) is 25.6 Å². The molecule has 1 aromatic heterocycles. The number of para-hydroxylation sites is 2. The topological polar surface area (TPSA) is 50.7 Å². The summed E-state index contributed by atoms with van der Waals surface area (Å²) in [5, 5.41) is 0. The molecule has 2 aliphatic rings. The molecule has 2 aliphatic heterocycles. The lowest BCUT2D eigenvalue weighted by atomic mass is 10.1. The van der Waals surface area contributed by atoms with Gasteiger partial charge in [-0.2, -0.15) is 0 Å². The van der Waals surface area contributed by atoms with Gasteiger partial charge in [-0.3, -0.25) is 0 Å². The fraction of sp³-hybridized carbons (Fsp3) is 0.417. The molecule has 2 fully saturated rings. The summed E-state index contributed by atoms with van der Waals surface area (Å²) >= 11 is 0. The Morgan fingerprint density at radius 3 is 2.03 bits per heavy atom. The van der Waals surface area contributed by atoms with Crippen molar-refractivity contribution >= 4 is 22.7 Å². The van der Waals surface area contributed by atoms with E-state index in [-0.39, 0.29) is 11.9 Å².